The van der Waals surface area contributed by atoms with E-state index in [2.05, 4.69) is 5.32 Å². The summed E-state index contributed by atoms with van der Waals surface area (Å²) in [6, 6.07) is 0.591. The molecular weight excluding hydrogens is 150 g/mol. The van der Waals surface area contributed by atoms with Gasteiger partial charge in [-0.25, -0.2) is 0 Å². The maximum atomic E-state index is 7.60. The van der Waals surface area contributed by atoms with Gasteiger partial charge in [-0.05, 0) is 31.8 Å². The summed E-state index contributed by atoms with van der Waals surface area (Å²) >= 11 is 0. The van der Waals surface area contributed by atoms with Gasteiger partial charge < -0.3 is 16.5 Å². The zero-order valence-corrected chi connectivity index (χ0v) is 7.14. The minimum absolute atomic E-state index is 0.504. The zero-order chi connectivity index (χ0) is 8.55. The predicted octanol–water partition coefficient (Wildman–Crippen LogP) is 0.968. The summed E-state index contributed by atoms with van der Waals surface area (Å²) in [5, 5.41) is 10.8. The van der Waals surface area contributed by atoms with Gasteiger partial charge in [-0.1, -0.05) is 0 Å². The standard InChI is InChI=1S/C9H15N3/c10-8(6-1-2-6)5-9(11)12-7-3-4-7/h5-7,10,12H,1-4,11H2/b9-5-,10-8?. The molecule has 66 valence electrons. The number of hydrogen-bond acceptors (Lipinski definition) is 3. The van der Waals surface area contributed by atoms with Gasteiger partial charge in [0.2, 0.25) is 0 Å². The van der Waals surface area contributed by atoms with Crippen molar-refractivity contribution in [3.8, 4) is 0 Å². The van der Waals surface area contributed by atoms with Crippen molar-refractivity contribution in [1.82, 2.24) is 5.32 Å². The lowest BCUT2D eigenvalue weighted by Crippen LogP contribution is -2.23. The van der Waals surface area contributed by atoms with Gasteiger partial charge in [0.1, 0.15) is 0 Å². The van der Waals surface area contributed by atoms with Crippen molar-refractivity contribution in [1.29, 1.82) is 5.41 Å². The van der Waals surface area contributed by atoms with Crippen molar-refractivity contribution < 1.29 is 0 Å². The monoisotopic (exact) mass is 165 g/mol. The second kappa shape index (κ2) is 2.81. The Balaban J connectivity index is 1.82. The number of rotatable bonds is 4. The molecule has 0 aromatic rings. The summed E-state index contributed by atoms with van der Waals surface area (Å²) in [5.74, 6) is 1.18. The van der Waals surface area contributed by atoms with Crippen LogP contribution in [0.25, 0.3) is 0 Å². The van der Waals surface area contributed by atoms with E-state index in [0.29, 0.717) is 23.5 Å². The fraction of sp³-hybridized carbons (Fsp3) is 0.667. The average Bonchev–Trinajstić information content (AvgIpc) is 2.83. The van der Waals surface area contributed by atoms with Crippen LogP contribution >= 0.6 is 0 Å². The molecule has 0 radical (unpaired) electrons. The number of hydrogen-bond donors (Lipinski definition) is 3. The van der Waals surface area contributed by atoms with Gasteiger partial charge in [-0.2, -0.15) is 0 Å². The second-order valence-electron chi connectivity index (χ2n) is 3.75. The molecule has 2 rings (SSSR count). The highest BCUT2D eigenvalue weighted by molar-refractivity contribution is 5.96. The van der Waals surface area contributed by atoms with Crippen molar-refractivity contribution in [2.45, 2.75) is 31.7 Å². The second-order valence-corrected chi connectivity index (χ2v) is 3.75. The molecule has 0 spiro atoms. The minimum Gasteiger partial charge on any atom is -0.385 e. The van der Waals surface area contributed by atoms with E-state index in [4.69, 9.17) is 11.1 Å². The molecular formula is C9H15N3. The van der Waals surface area contributed by atoms with E-state index >= 15 is 0 Å². The maximum absolute atomic E-state index is 7.60. The van der Waals surface area contributed by atoms with Crippen LogP contribution in [0.5, 0.6) is 0 Å². The van der Waals surface area contributed by atoms with E-state index in [-0.39, 0.29) is 0 Å². The van der Waals surface area contributed by atoms with Crippen LogP contribution in [0.1, 0.15) is 25.7 Å². The highest BCUT2D eigenvalue weighted by Gasteiger charge is 2.26. The van der Waals surface area contributed by atoms with E-state index in [0.717, 1.165) is 0 Å². The van der Waals surface area contributed by atoms with Crippen LogP contribution in [0.3, 0.4) is 0 Å². The number of nitrogens with one attached hydrogen (secondary N) is 2. The molecule has 0 aliphatic heterocycles. The van der Waals surface area contributed by atoms with Gasteiger partial charge in [-0.15, -0.1) is 0 Å². The Morgan fingerprint density at radius 2 is 2.00 bits per heavy atom. The van der Waals surface area contributed by atoms with E-state index in [1.807, 2.05) is 0 Å². The molecule has 0 heterocycles. The van der Waals surface area contributed by atoms with Crippen LogP contribution in [0, 0.1) is 11.3 Å². The van der Waals surface area contributed by atoms with E-state index < -0.39 is 0 Å². The highest BCUT2D eigenvalue weighted by atomic mass is 15.0. The molecule has 0 aromatic heterocycles. The fourth-order valence-electron chi connectivity index (χ4n) is 1.18. The molecule has 0 unspecified atom stereocenters. The maximum Gasteiger partial charge on any atom is 0.0980 e. The lowest BCUT2D eigenvalue weighted by Gasteiger charge is -2.03. The summed E-state index contributed by atoms with van der Waals surface area (Å²) in [7, 11) is 0. The number of allylic oxidation sites excluding steroid dienone is 1. The summed E-state index contributed by atoms with van der Waals surface area (Å²) < 4.78 is 0. The predicted molar refractivity (Wildman–Crippen MR) is 48.9 cm³/mol. The Morgan fingerprint density at radius 1 is 1.33 bits per heavy atom. The van der Waals surface area contributed by atoms with Crippen molar-refractivity contribution in [3.05, 3.63) is 11.9 Å². The molecule has 2 aliphatic carbocycles. The lowest BCUT2D eigenvalue weighted by atomic mass is 10.2. The number of nitrogens with two attached hydrogens (primary N) is 1. The molecule has 3 heteroatoms. The fourth-order valence-corrected chi connectivity index (χ4v) is 1.18. The first-order valence-electron chi connectivity index (χ1n) is 4.58. The van der Waals surface area contributed by atoms with E-state index in [1.165, 1.54) is 25.7 Å². The summed E-state index contributed by atoms with van der Waals surface area (Å²) in [6.07, 6.45) is 6.57. The first-order chi connectivity index (χ1) is 5.75. The van der Waals surface area contributed by atoms with Gasteiger partial charge in [0, 0.05) is 17.7 Å². The Morgan fingerprint density at radius 3 is 2.50 bits per heavy atom. The zero-order valence-electron chi connectivity index (χ0n) is 7.14. The van der Waals surface area contributed by atoms with E-state index in [9.17, 15) is 0 Å². The van der Waals surface area contributed by atoms with Gasteiger partial charge in [0.05, 0.1) is 5.82 Å². The van der Waals surface area contributed by atoms with Gasteiger partial charge >= 0.3 is 0 Å². The molecule has 0 amide bonds. The van der Waals surface area contributed by atoms with Crippen LogP contribution in [0.4, 0.5) is 0 Å². The third-order valence-corrected chi connectivity index (χ3v) is 2.28. The Bertz CT molecular complexity index is 224. The summed E-state index contributed by atoms with van der Waals surface area (Å²) in [5.41, 5.74) is 6.39. The molecule has 2 aliphatic rings. The van der Waals surface area contributed by atoms with Crippen molar-refractivity contribution >= 4 is 5.71 Å². The smallest absolute Gasteiger partial charge is 0.0980 e. The molecule has 2 fully saturated rings. The van der Waals surface area contributed by atoms with Crippen LogP contribution in [0.2, 0.25) is 0 Å². The SMILES string of the molecule is N=C(/C=C(/N)NC1CC1)C1CC1. The summed E-state index contributed by atoms with van der Waals surface area (Å²) in [4.78, 5) is 0. The molecule has 0 saturated heterocycles. The van der Waals surface area contributed by atoms with Crippen LogP contribution in [0.15, 0.2) is 11.9 Å². The Kier molecular flexibility index (Phi) is 1.79. The van der Waals surface area contributed by atoms with Crippen LogP contribution in [-0.4, -0.2) is 11.8 Å². The van der Waals surface area contributed by atoms with Gasteiger partial charge in [0.15, 0.2) is 0 Å². The first kappa shape index (κ1) is 7.65. The average molecular weight is 165 g/mol. The molecule has 0 bridgehead atoms. The van der Waals surface area contributed by atoms with E-state index in [1.54, 1.807) is 6.08 Å². The molecule has 0 atom stereocenters. The van der Waals surface area contributed by atoms with Gasteiger partial charge in [0.25, 0.3) is 0 Å². The van der Waals surface area contributed by atoms with Crippen molar-refractivity contribution in [3.63, 3.8) is 0 Å². The molecule has 0 aromatic carbocycles. The topological polar surface area (TPSA) is 61.9 Å². The third kappa shape index (κ3) is 2.00. The van der Waals surface area contributed by atoms with Crippen LogP contribution in [-0.2, 0) is 0 Å². The molecule has 4 N–H and O–H groups in total. The molecule has 3 nitrogen and oxygen atoms in total. The van der Waals surface area contributed by atoms with Crippen molar-refractivity contribution in [2.75, 3.05) is 0 Å². The quantitative estimate of drug-likeness (QED) is 0.543. The lowest BCUT2D eigenvalue weighted by molar-refractivity contribution is 0.793. The summed E-state index contributed by atoms with van der Waals surface area (Å²) in [6.45, 7) is 0. The molecule has 12 heavy (non-hydrogen) atoms. The normalized spacial score (nSPS) is 23.8. The molecule has 2 saturated carbocycles. The first-order valence-corrected chi connectivity index (χ1v) is 4.58. The third-order valence-electron chi connectivity index (χ3n) is 2.28. The van der Waals surface area contributed by atoms with Crippen molar-refractivity contribution in [2.24, 2.45) is 11.7 Å². The Labute approximate surface area is 72.5 Å². The largest absolute Gasteiger partial charge is 0.385 e. The minimum atomic E-state index is 0.504. The Hall–Kier alpha value is -0.990. The van der Waals surface area contributed by atoms with Crippen LogP contribution < -0.4 is 11.1 Å². The highest BCUT2D eigenvalue weighted by Crippen LogP contribution is 2.30. The van der Waals surface area contributed by atoms with Gasteiger partial charge in [-0.3, -0.25) is 0 Å².